The molecule has 2 N–H and O–H groups in total. The molecule has 0 bridgehead atoms. The number of benzene rings is 1. The Morgan fingerprint density at radius 3 is 2.56 bits per heavy atom. The summed E-state index contributed by atoms with van der Waals surface area (Å²) >= 11 is 0. The Morgan fingerprint density at radius 2 is 2.00 bits per heavy atom. The second-order valence-electron chi connectivity index (χ2n) is 3.92. The summed E-state index contributed by atoms with van der Waals surface area (Å²) in [6, 6.07) is 3.76. The van der Waals surface area contributed by atoms with Crippen molar-refractivity contribution in [1.29, 1.82) is 0 Å². The smallest absolute Gasteiger partial charge is 0.352 e. The van der Waals surface area contributed by atoms with Crippen molar-refractivity contribution in [1.82, 2.24) is 4.57 Å². The molecule has 0 saturated heterocycles. The molecule has 0 unspecified atom stereocenters. The number of aromatic nitrogens is 1. The highest BCUT2D eigenvalue weighted by Crippen LogP contribution is 2.26. The fourth-order valence-electron chi connectivity index (χ4n) is 2.07. The Hall–Kier alpha value is -2.37. The maximum Gasteiger partial charge on any atom is 0.352 e. The second-order valence-corrected chi connectivity index (χ2v) is 3.92. The van der Waals surface area contributed by atoms with Crippen LogP contribution in [0.25, 0.3) is 10.9 Å². The molecule has 18 heavy (non-hydrogen) atoms. The Bertz CT molecular complexity index is 660. The van der Waals surface area contributed by atoms with E-state index in [1.165, 1.54) is 25.1 Å². The number of aliphatic carboxylic acids is 1. The first-order valence-corrected chi connectivity index (χ1v) is 5.15. The van der Waals surface area contributed by atoms with Crippen molar-refractivity contribution >= 4 is 22.8 Å². The molecule has 0 atom stereocenters. The molecule has 0 fully saturated rings. The first kappa shape index (κ1) is 12.1. The van der Waals surface area contributed by atoms with E-state index in [1.807, 2.05) is 0 Å². The number of nitrogens with zero attached hydrogens (tertiary/aromatic N) is 1. The Morgan fingerprint density at radius 1 is 1.33 bits per heavy atom. The zero-order valence-electron chi connectivity index (χ0n) is 9.48. The number of carbonyl (C=O) groups is 2. The van der Waals surface area contributed by atoms with Crippen molar-refractivity contribution in [3.8, 4) is 0 Å². The molecule has 0 radical (unpaired) electrons. The predicted molar refractivity (Wildman–Crippen MR) is 61.2 cm³/mol. The number of hydrogen-bond acceptors (Lipinski definition) is 2. The van der Waals surface area contributed by atoms with Gasteiger partial charge in [-0.3, -0.25) is 4.79 Å². The second kappa shape index (κ2) is 4.14. The van der Waals surface area contributed by atoms with E-state index in [-0.39, 0.29) is 5.69 Å². The summed E-state index contributed by atoms with van der Waals surface area (Å²) in [5.74, 6) is -2.88. The lowest BCUT2D eigenvalue weighted by molar-refractivity contribution is -0.137. The summed E-state index contributed by atoms with van der Waals surface area (Å²) in [6.45, 7) is 1.06. The summed E-state index contributed by atoms with van der Waals surface area (Å²) in [5.41, 5.74) is 0.630. The van der Waals surface area contributed by atoms with Crippen LogP contribution in [0.4, 0.5) is 4.39 Å². The van der Waals surface area contributed by atoms with Gasteiger partial charge in [0, 0.05) is 10.9 Å². The van der Waals surface area contributed by atoms with Gasteiger partial charge in [0.2, 0.25) is 0 Å². The minimum Gasteiger partial charge on any atom is -0.480 e. The highest BCUT2D eigenvalue weighted by molar-refractivity contribution is 5.98. The fraction of sp³-hybridized carbons (Fsp3) is 0.167. The van der Waals surface area contributed by atoms with Gasteiger partial charge in [0.1, 0.15) is 18.1 Å². The van der Waals surface area contributed by atoms with Gasteiger partial charge in [-0.15, -0.1) is 0 Å². The lowest BCUT2D eigenvalue weighted by Crippen LogP contribution is -2.15. The third-order valence-corrected chi connectivity index (χ3v) is 2.77. The minimum absolute atomic E-state index is 0.127. The number of rotatable bonds is 3. The quantitative estimate of drug-likeness (QED) is 0.872. The lowest BCUT2D eigenvalue weighted by atomic mass is 10.1. The average Bonchev–Trinajstić information content (AvgIpc) is 2.51. The summed E-state index contributed by atoms with van der Waals surface area (Å²) < 4.78 is 14.3. The van der Waals surface area contributed by atoms with Gasteiger partial charge in [0.15, 0.2) is 0 Å². The molecular formula is C12H10FNO4. The normalized spacial score (nSPS) is 10.8. The van der Waals surface area contributed by atoms with Crippen LogP contribution >= 0.6 is 0 Å². The molecule has 0 aliphatic carbocycles. The monoisotopic (exact) mass is 251 g/mol. The maximum atomic E-state index is 13.1. The summed E-state index contributed by atoms with van der Waals surface area (Å²) in [6.07, 6.45) is 0. The van der Waals surface area contributed by atoms with Gasteiger partial charge in [-0.1, -0.05) is 0 Å². The van der Waals surface area contributed by atoms with Gasteiger partial charge < -0.3 is 14.8 Å². The summed E-state index contributed by atoms with van der Waals surface area (Å²) in [7, 11) is 0. The van der Waals surface area contributed by atoms with Gasteiger partial charge in [-0.05, 0) is 30.7 Å². The first-order valence-electron chi connectivity index (χ1n) is 5.15. The molecule has 0 saturated carbocycles. The Balaban J connectivity index is 2.83. The van der Waals surface area contributed by atoms with E-state index in [1.54, 1.807) is 0 Å². The SMILES string of the molecule is Cc1c(C(=O)O)n(CC(=O)O)c2ccc(F)cc12. The van der Waals surface area contributed by atoms with Crippen LogP contribution in [0.5, 0.6) is 0 Å². The van der Waals surface area contributed by atoms with Crippen LogP contribution in [-0.2, 0) is 11.3 Å². The molecule has 0 amide bonds. The fourth-order valence-corrected chi connectivity index (χ4v) is 2.07. The highest BCUT2D eigenvalue weighted by Gasteiger charge is 2.21. The average molecular weight is 251 g/mol. The third kappa shape index (κ3) is 1.81. The van der Waals surface area contributed by atoms with E-state index in [9.17, 15) is 14.0 Å². The van der Waals surface area contributed by atoms with E-state index in [0.29, 0.717) is 16.5 Å². The van der Waals surface area contributed by atoms with Crippen molar-refractivity contribution in [2.75, 3.05) is 0 Å². The summed E-state index contributed by atoms with van der Waals surface area (Å²) in [4.78, 5) is 21.9. The number of carboxylic acid groups (broad SMARTS) is 2. The van der Waals surface area contributed by atoms with Crippen molar-refractivity contribution < 1.29 is 24.2 Å². The first-order chi connectivity index (χ1) is 8.41. The molecule has 0 aliphatic heterocycles. The van der Waals surface area contributed by atoms with Crippen LogP contribution in [-0.4, -0.2) is 26.7 Å². The molecule has 94 valence electrons. The van der Waals surface area contributed by atoms with Crippen LogP contribution in [0.1, 0.15) is 16.1 Å². The van der Waals surface area contributed by atoms with E-state index >= 15 is 0 Å². The van der Waals surface area contributed by atoms with Crippen molar-refractivity contribution in [3.05, 3.63) is 35.3 Å². The van der Waals surface area contributed by atoms with E-state index in [2.05, 4.69) is 0 Å². The van der Waals surface area contributed by atoms with Gasteiger partial charge >= 0.3 is 11.9 Å². The van der Waals surface area contributed by atoms with Crippen LogP contribution in [0.3, 0.4) is 0 Å². The van der Waals surface area contributed by atoms with Crippen molar-refractivity contribution in [2.24, 2.45) is 0 Å². The number of halogens is 1. The number of hydrogen-bond donors (Lipinski definition) is 2. The van der Waals surface area contributed by atoms with Crippen LogP contribution in [0.2, 0.25) is 0 Å². The van der Waals surface area contributed by atoms with Gasteiger partial charge in [-0.2, -0.15) is 0 Å². The topological polar surface area (TPSA) is 79.5 Å². The highest BCUT2D eigenvalue weighted by atomic mass is 19.1. The zero-order valence-corrected chi connectivity index (χ0v) is 9.48. The largest absolute Gasteiger partial charge is 0.480 e. The van der Waals surface area contributed by atoms with Crippen molar-refractivity contribution in [3.63, 3.8) is 0 Å². The number of aromatic carboxylic acids is 1. The van der Waals surface area contributed by atoms with Crippen LogP contribution in [0.15, 0.2) is 18.2 Å². The molecule has 1 aromatic carbocycles. The zero-order chi connectivity index (χ0) is 13.4. The number of fused-ring (bicyclic) bond motifs is 1. The van der Waals surface area contributed by atoms with Crippen molar-refractivity contribution in [2.45, 2.75) is 13.5 Å². The number of carboxylic acids is 2. The molecule has 5 nitrogen and oxygen atoms in total. The lowest BCUT2D eigenvalue weighted by Gasteiger charge is -2.04. The van der Waals surface area contributed by atoms with E-state index in [0.717, 1.165) is 4.57 Å². The molecule has 2 rings (SSSR count). The predicted octanol–water partition coefficient (Wildman–Crippen LogP) is 1.87. The molecule has 1 heterocycles. The summed E-state index contributed by atoms with van der Waals surface area (Å²) in [5, 5.41) is 18.3. The van der Waals surface area contributed by atoms with Gasteiger partial charge in [0.05, 0.1) is 0 Å². The molecule has 0 spiro atoms. The van der Waals surface area contributed by atoms with E-state index in [4.69, 9.17) is 10.2 Å². The Labute approximate surface area is 101 Å². The van der Waals surface area contributed by atoms with Crippen LogP contribution < -0.4 is 0 Å². The minimum atomic E-state index is -1.23. The molecular weight excluding hydrogens is 241 g/mol. The molecule has 0 aliphatic rings. The maximum absolute atomic E-state index is 13.1. The molecule has 1 aromatic heterocycles. The molecule has 2 aromatic rings. The van der Waals surface area contributed by atoms with Gasteiger partial charge in [-0.25, -0.2) is 9.18 Å². The Kier molecular flexibility index (Phi) is 2.78. The van der Waals surface area contributed by atoms with Gasteiger partial charge in [0.25, 0.3) is 0 Å². The molecule has 6 heteroatoms. The van der Waals surface area contributed by atoms with E-state index < -0.39 is 24.3 Å². The van der Waals surface area contributed by atoms with Crippen LogP contribution in [0, 0.1) is 12.7 Å². The third-order valence-electron chi connectivity index (χ3n) is 2.77. The standard InChI is InChI=1S/C12H10FNO4/c1-6-8-4-7(13)2-3-9(8)14(5-10(15)16)11(6)12(17)18/h2-4H,5H2,1H3,(H,15,16)(H,17,18). The number of aryl methyl sites for hydroxylation is 1.